The Labute approximate surface area is 210 Å². The van der Waals surface area contributed by atoms with Crippen molar-refractivity contribution in [3.8, 4) is 0 Å². The first-order valence-electron chi connectivity index (χ1n) is 11.4. The quantitative estimate of drug-likeness (QED) is 0.450. The average molecular weight is 504 g/mol. The van der Waals surface area contributed by atoms with Gasteiger partial charge in [-0.1, -0.05) is 35.6 Å². The summed E-state index contributed by atoms with van der Waals surface area (Å²) < 4.78 is 4.16. The Hall–Kier alpha value is -3.56. The molecular formula is C26H25N5O2S2. The molecule has 9 heteroatoms. The van der Waals surface area contributed by atoms with Crippen LogP contribution in [0.15, 0.2) is 68.9 Å². The van der Waals surface area contributed by atoms with Crippen LogP contribution in [0.2, 0.25) is 0 Å². The molecule has 4 heterocycles. The van der Waals surface area contributed by atoms with Gasteiger partial charge < -0.3 is 5.32 Å². The number of hydrogen-bond donors (Lipinski definition) is 1. The molecule has 0 fully saturated rings. The van der Waals surface area contributed by atoms with Crippen LogP contribution < -0.4 is 20.2 Å². The van der Waals surface area contributed by atoms with Crippen LogP contribution in [0.4, 0.5) is 5.69 Å². The van der Waals surface area contributed by atoms with E-state index in [1.165, 1.54) is 22.7 Å². The van der Waals surface area contributed by atoms with Crippen molar-refractivity contribution in [1.82, 2.24) is 14.3 Å². The van der Waals surface area contributed by atoms with Gasteiger partial charge in [-0.15, -0.1) is 11.3 Å². The molecule has 0 saturated heterocycles. The highest BCUT2D eigenvalue weighted by atomic mass is 32.1. The van der Waals surface area contributed by atoms with Crippen LogP contribution in [-0.4, -0.2) is 20.3 Å². The van der Waals surface area contributed by atoms with E-state index in [0.717, 1.165) is 28.4 Å². The van der Waals surface area contributed by atoms with E-state index in [1.807, 2.05) is 86.3 Å². The van der Waals surface area contributed by atoms with Gasteiger partial charge in [0.25, 0.3) is 11.5 Å². The van der Waals surface area contributed by atoms with Crippen molar-refractivity contribution < 1.29 is 4.79 Å². The molecule has 1 atom stereocenters. The lowest BCUT2D eigenvalue weighted by Crippen LogP contribution is -2.40. The first kappa shape index (κ1) is 23.2. The molecule has 3 aromatic heterocycles. The van der Waals surface area contributed by atoms with Gasteiger partial charge in [0.15, 0.2) is 4.80 Å². The van der Waals surface area contributed by atoms with E-state index in [2.05, 4.69) is 10.4 Å². The Morgan fingerprint density at radius 1 is 1.14 bits per heavy atom. The van der Waals surface area contributed by atoms with Gasteiger partial charge in [0.1, 0.15) is 6.04 Å². The first-order valence-corrected chi connectivity index (χ1v) is 13.0. The highest BCUT2D eigenvalue weighted by Crippen LogP contribution is 2.33. The number of amides is 1. The van der Waals surface area contributed by atoms with Crippen LogP contribution in [0.3, 0.4) is 0 Å². The average Bonchev–Trinajstić information content (AvgIpc) is 3.54. The lowest BCUT2D eigenvalue weighted by molar-refractivity contribution is -0.113. The smallest absolute Gasteiger partial charge is 0.271 e. The SMILES string of the molecule is CCn1nc(C)c(/C=c2\sc3n(c2=O)[C@H](c2cccs2)C(C(=O)Nc2ccccc2)=C(C)N=3)c1C. The van der Waals surface area contributed by atoms with Crippen LogP contribution in [0.5, 0.6) is 0 Å². The van der Waals surface area contributed by atoms with Crippen LogP contribution in [0, 0.1) is 13.8 Å². The van der Waals surface area contributed by atoms with Crippen LogP contribution in [0.25, 0.3) is 6.08 Å². The summed E-state index contributed by atoms with van der Waals surface area (Å²) in [5.41, 5.74) is 4.46. The molecule has 4 aromatic rings. The zero-order valence-electron chi connectivity index (χ0n) is 19.9. The monoisotopic (exact) mass is 503 g/mol. The Kier molecular flexibility index (Phi) is 6.12. The highest BCUT2D eigenvalue weighted by Gasteiger charge is 2.33. The van der Waals surface area contributed by atoms with Gasteiger partial charge in [-0.25, -0.2) is 4.99 Å². The molecule has 5 rings (SSSR count). The zero-order valence-corrected chi connectivity index (χ0v) is 21.5. The van der Waals surface area contributed by atoms with Crippen molar-refractivity contribution >= 4 is 40.3 Å². The van der Waals surface area contributed by atoms with Crippen molar-refractivity contribution in [2.24, 2.45) is 4.99 Å². The van der Waals surface area contributed by atoms with Gasteiger partial charge in [0.05, 0.1) is 21.5 Å². The third-order valence-corrected chi connectivity index (χ3v) is 8.03. The molecule has 0 radical (unpaired) electrons. The van der Waals surface area contributed by atoms with Gasteiger partial charge in [0, 0.05) is 28.4 Å². The van der Waals surface area contributed by atoms with E-state index in [-0.39, 0.29) is 11.5 Å². The molecular weight excluding hydrogens is 478 g/mol. The lowest BCUT2D eigenvalue weighted by atomic mass is 10.0. The molecule has 1 N–H and O–H groups in total. The summed E-state index contributed by atoms with van der Waals surface area (Å²) in [4.78, 5) is 33.4. The third kappa shape index (κ3) is 4.11. The van der Waals surface area contributed by atoms with E-state index in [0.29, 0.717) is 26.3 Å². The number of thiazole rings is 1. The number of anilines is 1. The number of nitrogens with one attached hydrogen (secondary N) is 1. The van der Waals surface area contributed by atoms with E-state index in [1.54, 1.807) is 4.57 Å². The minimum Gasteiger partial charge on any atom is -0.322 e. The molecule has 7 nitrogen and oxygen atoms in total. The number of benzene rings is 1. The van der Waals surface area contributed by atoms with Crippen molar-refractivity contribution in [3.05, 3.63) is 101 Å². The maximum atomic E-state index is 13.8. The molecule has 1 aromatic carbocycles. The normalized spacial score (nSPS) is 15.8. The molecule has 0 aliphatic carbocycles. The molecule has 0 bridgehead atoms. The van der Waals surface area contributed by atoms with Crippen molar-refractivity contribution in [3.63, 3.8) is 0 Å². The number of aromatic nitrogens is 3. The molecule has 35 heavy (non-hydrogen) atoms. The fourth-order valence-electron chi connectivity index (χ4n) is 4.41. The standard InChI is InChI=1S/C26H25N5O2S2/c1-5-30-17(4)19(15(2)29-30)14-21-25(33)31-23(20-12-9-13-34-20)22(16(3)27-26(31)35-21)24(32)28-18-10-7-6-8-11-18/h6-14,23H,5H2,1-4H3,(H,28,32)/b21-14-/t23-/m1/s1. The number of aryl methyl sites for hydroxylation is 2. The van der Waals surface area contributed by atoms with Crippen LogP contribution in [0.1, 0.15) is 41.7 Å². The summed E-state index contributed by atoms with van der Waals surface area (Å²) in [6.07, 6.45) is 1.90. The molecule has 0 saturated carbocycles. The fourth-order valence-corrected chi connectivity index (χ4v) is 6.26. The molecule has 1 aliphatic heterocycles. The van der Waals surface area contributed by atoms with E-state index < -0.39 is 6.04 Å². The van der Waals surface area contributed by atoms with E-state index in [9.17, 15) is 9.59 Å². The number of rotatable bonds is 5. The number of carbonyl (C=O) groups is 1. The number of fused-ring (bicyclic) bond motifs is 1. The topological polar surface area (TPSA) is 81.3 Å². The Balaban J connectivity index is 1.67. The molecule has 0 spiro atoms. The minimum atomic E-state index is -0.544. The number of para-hydroxylation sites is 1. The summed E-state index contributed by atoms with van der Waals surface area (Å²) in [7, 11) is 0. The first-order chi connectivity index (χ1) is 16.9. The largest absolute Gasteiger partial charge is 0.322 e. The maximum absolute atomic E-state index is 13.8. The fraction of sp³-hybridized carbons (Fsp3) is 0.231. The maximum Gasteiger partial charge on any atom is 0.271 e. The molecule has 178 valence electrons. The summed E-state index contributed by atoms with van der Waals surface area (Å²) in [6.45, 7) is 8.60. The predicted molar refractivity (Wildman–Crippen MR) is 141 cm³/mol. The Morgan fingerprint density at radius 3 is 2.57 bits per heavy atom. The highest BCUT2D eigenvalue weighted by molar-refractivity contribution is 7.10. The van der Waals surface area contributed by atoms with Crippen LogP contribution in [-0.2, 0) is 11.3 Å². The lowest BCUT2D eigenvalue weighted by Gasteiger charge is -2.24. The van der Waals surface area contributed by atoms with E-state index >= 15 is 0 Å². The van der Waals surface area contributed by atoms with Gasteiger partial charge in [-0.2, -0.15) is 5.10 Å². The van der Waals surface area contributed by atoms with E-state index in [4.69, 9.17) is 4.99 Å². The predicted octanol–water partition coefficient (Wildman–Crippen LogP) is 3.77. The summed E-state index contributed by atoms with van der Waals surface area (Å²) in [6, 6.07) is 12.7. The summed E-state index contributed by atoms with van der Waals surface area (Å²) in [5, 5.41) is 9.51. The summed E-state index contributed by atoms with van der Waals surface area (Å²) in [5.74, 6) is -0.263. The van der Waals surface area contributed by atoms with Gasteiger partial charge >= 0.3 is 0 Å². The Bertz CT molecular complexity index is 1620. The molecule has 1 amide bonds. The zero-order chi connectivity index (χ0) is 24.7. The number of allylic oxidation sites excluding steroid dienone is 1. The number of thiophene rings is 1. The van der Waals surface area contributed by atoms with Crippen molar-refractivity contribution in [2.45, 2.75) is 40.3 Å². The van der Waals surface area contributed by atoms with Crippen molar-refractivity contribution in [1.29, 1.82) is 0 Å². The van der Waals surface area contributed by atoms with Gasteiger partial charge in [0.2, 0.25) is 0 Å². The van der Waals surface area contributed by atoms with Crippen LogP contribution >= 0.6 is 22.7 Å². The molecule has 0 unspecified atom stereocenters. The third-order valence-electron chi connectivity index (χ3n) is 6.12. The Morgan fingerprint density at radius 2 is 1.91 bits per heavy atom. The van der Waals surface area contributed by atoms with Crippen molar-refractivity contribution in [2.75, 3.05) is 5.32 Å². The number of nitrogens with zero attached hydrogens (tertiary/aromatic N) is 4. The minimum absolute atomic E-state index is 0.160. The second-order valence-electron chi connectivity index (χ2n) is 8.32. The molecule has 1 aliphatic rings. The number of hydrogen-bond acceptors (Lipinski definition) is 6. The second kappa shape index (κ2) is 9.24. The van der Waals surface area contributed by atoms with Gasteiger partial charge in [-0.3, -0.25) is 18.8 Å². The second-order valence-corrected chi connectivity index (χ2v) is 10.3. The summed E-state index contributed by atoms with van der Waals surface area (Å²) >= 11 is 2.86. The van der Waals surface area contributed by atoms with Gasteiger partial charge in [-0.05, 0) is 57.4 Å². The number of carbonyl (C=O) groups excluding carboxylic acids is 1.